The first kappa shape index (κ1) is 14.7. The third kappa shape index (κ3) is 3.34. The predicted molar refractivity (Wildman–Crippen MR) is 55.1 cm³/mol. The summed E-state index contributed by atoms with van der Waals surface area (Å²) in [5.74, 6) is -0.811. The van der Waals surface area contributed by atoms with Gasteiger partial charge >= 0.3 is 6.36 Å². The van der Waals surface area contributed by atoms with E-state index in [4.69, 9.17) is 0 Å². The van der Waals surface area contributed by atoms with E-state index in [1.807, 2.05) is 0 Å². The molecule has 0 radical (unpaired) electrons. The summed E-state index contributed by atoms with van der Waals surface area (Å²) < 4.78 is 64.1. The van der Waals surface area contributed by atoms with Gasteiger partial charge in [-0.25, -0.2) is 8.42 Å². The Labute approximate surface area is 102 Å². The molecule has 0 saturated carbocycles. The van der Waals surface area contributed by atoms with Gasteiger partial charge < -0.3 is 4.74 Å². The summed E-state index contributed by atoms with van der Waals surface area (Å²) >= 11 is 0. The molecule has 0 bridgehead atoms. The van der Waals surface area contributed by atoms with E-state index in [2.05, 4.69) is 9.57 Å². The number of hydrogen-bond acceptors (Lipinski definition) is 4. The maximum Gasteiger partial charge on any atom is 0.573 e. The van der Waals surface area contributed by atoms with E-state index in [0.717, 1.165) is 26.3 Å². The van der Waals surface area contributed by atoms with Crippen LogP contribution in [0.1, 0.15) is 0 Å². The number of hydrogen-bond donors (Lipinski definition) is 0. The van der Waals surface area contributed by atoms with Crippen molar-refractivity contribution in [2.45, 2.75) is 11.3 Å². The molecule has 1 aromatic rings. The van der Waals surface area contributed by atoms with Crippen molar-refractivity contribution in [3.8, 4) is 5.75 Å². The lowest BCUT2D eigenvalue weighted by Gasteiger charge is -2.17. The summed E-state index contributed by atoms with van der Waals surface area (Å²) in [5.41, 5.74) is 0. The summed E-state index contributed by atoms with van der Waals surface area (Å²) in [6.45, 7) is 0. The van der Waals surface area contributed by atoms with Crippen molar-refractivity contribution in [2.75, 3.05) is 14.2 Å². The Hall–Kier alpha value is -1.32. The molecule has 0 atom stereocenters. The fourth-order valence-electron chi connectivity index (χ4n) is 1.11. The molecular weight excluding hydrogens is 275 g/mol. The first-order valence-corrected chi connectivity index (χ1v) is 6.00. The van der Waals surface area contributed by atoms with Crippen molar-refractivity contribution in [1.29, 1.82) is 0 Å². The Morgan fingerprint density at radius 2 is 1.78 bits per heavy atom. The minimum Gasteiger partial charge on any atom is -0.404 e. The molecule has 0 aliphatic heterocycles. The van der Waals surface area contributed by atoms with Crippen molar-refractivity contribution >= 4 is 10.0 Å². The summed E-state index contributed by atoms with van der Waals surface area (Å²) in [7, 11) is -2.08. The second kappa shape index (κ2) is 5.12. The van der Waals surface area contributed by atoms with Gasteiger partial charge in [-0.05, 0) is 12.1 Å². The molecule has 1 rings (SSSR count). The van der Waals surface area contributed by atoms with Crippen molar-refractivity contribution in [1.82, 2.24) is 4.47 Å². The zero-order chi connectivity index (χ0) is 14.0. The van der Waals surface area contributed by atoms with Crippen LogP contribution in [0.4, 0.5) is 13.2 Å². The maximum absolute atomic E-state index is 12.1. The quantitative estimate of drug-likeness (QED) is 0.791. The number of alkyl halides is 3. The second-order valence-corrected chi connectivity index (χ2v) is 5.00. The molecule has 1 aromatic carbocycles. The zero-order valence-corrected chi connectivity index (χ0v) is 10.2. The first-order chi connectivity index (χ1) is 8.18. The van der Waals surface area contributed by atoms with Crippen LogP contribution in [0.5, 0.6) is 5.75 Å². The van der Waals surface area contributed by atoms with Crippen molar-refractivity contribution in [2.24, 2.45) is 0 Å². The van der Waals surface area contributed by atoms with Crippen molar-refractivity contribution in [3.05, 3.63) is 24.3 Å². The number of ether oxygens (including phenoxy) is 1. The molecule has 0 fully saturated rings. The molecule has 102 valence electrons. The van der Waals surface area contributed by atoms with E-state index < -0.39 is 27.0 Å². The van der Waals surface area contributed by atoms with Crippen molar-refractivity contribution in [3.63, 3.8) is 0 Å². The van der Waals surface area contributed by atoms with Gasteiger partial charge in [0.15, 0.2) is 0 Å². The van der Waals surface area contributed by atoms with Crippen LogP contribution in [-0.2, 0) is 14.9 Å². The van der Waals surface area contributed by atoms with Gasteiger partial charge in [0.25, 0.3) is 10.0 Å². The molecule has 0 aromatic heterocycles. The molecule has 0 spiro atoms. The Kier molecular flexibility index (Phi) is 4.20. The van der Waals surface area contributed by atoms with Crippen LogP contribution in [-0.4, -0.2) is 33.4 Å². The Morgan fingerprint density at radius 1 is 1.22 bits per heavy atom. The number of halogens is 3. The van der Waals surface area contributed by atoms with Gasteiger partial charge in [0.05, 0.1) is 7.11 Å². The summed E-state index contributed by atoms with van der Waals surface area (Å²) in [6, 6.07) is 4.41. The van der Waals surface area contributed by atoms with Crippen LogP contribution in [0.25, 0.3) is 0 Å². The van der Waals surface area contributed by atoms with Crippen LogP contribution in [0, 0.1) is 0 Å². The van der Waals surface area contributed by atoms with E-state index in [1.54, 1.807) is 0 Å². The highest BCUT2D eigenvalue weighted by Gasteiger charge is 2.34. The van der Waals surface area contributed by atoms with E-state index >= 15 is 0 Å². The van der Waals surface area contributed by atoms with Crippen LogP contribution < -0.4 is 4.74 Å². The highest BCUT2D eigenvalue weighted by molar-refractivity contribution is 7.89. The molecule has 5 nitrogen and oxygen atoms in total. The Bertz CT molecular complexity index is 515. The minimum absolute atomic E-state index is 0.436. The highest BCUT2D eigenvalue weighted by Crippen LogP contribution is 2.30. The van der Waals surface area contributed by atoms with E-state index in [1.165, 1.54) is 12.1 Å². The maximum atomic E-state index is 12.1. The number of rotatable bonds is 4. The van der Waals surface area contributed by atoms with Gasteiger partial charge in [0, 0.05) is 7.05 Å². The normalized spacial score (nSPS) is 12.8. The lowest BCUT2D eigenvalue weighted by molar-refractivity contribution is -0.275. The molecular formula is C9H10F3NO4S. The molecule has 0 unspecified atom stereocenters. The van der Waals surface area contributed by atoms with Gasteiger partial charge in [-0.15, -0.1) is 13.2 Å². The Balaban J connectivity index is 3.26. The number of sulfonamides is 1. The number of benzene rings is 1. The SMILES string of the molecule is CON(C)S(=O)(=O)c1ccccc1OC(F)(F)F. The summed E-state index contributed by atoms with van der Waals surface area (Å²) in [4.78, 5) is 3.83. The molecule has 9 heteroatoms. The lowest BCUT2D eigenvalue weighted by Crippen LogP contribution is -2.27. The van der Waals surface area contributed by atoms with Gasteiger partial charge in [-0.2, -0.15) is 0 Å². The zero-order valence-electron chi connectivity index (χ0n) is 9.43. The van der Waals surface area contributed by atoms with Crippen LogP contribution in [0.2, 0.25) is 0 Å². The largest absolute Gasteiger partial charge is 0.573 e. The molecule has 0 saturated heterocycles. The number of para-hydroxylation sites is 1. The predicted octanol–water partition coefficient (Wildman–Crippen LogP) is 1.77. The number of nitrogens with zero attached hydrogens (tertiary/aromatic N) is 1. The average Bonchev–Trinajstić information content (AvgIpc) is 2.26. The molecule has 18 heavy (non-hydrogen) atoms. The first-order valence-electron chi connectivity index (χ1n) is 4.56. The summed E-state index contributed by atoms with van der Waals surface area (Å²) in [5, 5.41) is 0. The molecule has 0 aliphatic carbocycles. The monoisotopic (exact) mass is 285 g/mol. The lowest BCUT2D eigenvalue weighted by atomic mass is 10.3. The van der Waals surface area contributed by atoms with E-state index in [0.29, 0.717) is 4.47 Å². The van der Waals surface area contributed by atoms with Gasteiger partial charge in [-0.3, -0.25) is 4.84 Å². The third-order valence-corrected chi connectivity index (χ3v) is 3.67. The number of hydroxylamine groups is 1. The average molecular weight is 285 g/mol. The topological polar surface area (TPSA) is 55.8 Å². The minimum atomic E-state index is -4.97. The van der Waals surface area contributed by atoms with Gasteiger partial charge in [-0.1, -0.05) is 16.6 Å². The smallest absolute Gasteiger partial charge is 0.404 e. The third-order valence-electron chi connectivity index (χ3n) is 1.95. The molecule has 0 heterocycles. The van der Waals surface area contributed by atoms with Gasteiger partial charge in [0.1, 0.15) is 10.6 Å². The summed E-state index contributed by atoms with van der Waals surface area (Å²) in [6.07, 6.45) is -4.97. The fourth-order valence-corrected chi connectivity index (χ4v) is 2.20. The van der Waals surface area contributed by atoms with E-state index in [9.17, 15) is 21.6 Å². The second-order valence-electron chi connectivity index (χ2n) is 3.09. The van der Waals surface area contributed by atoms with Crippen LogP contribution >= 0.6 is 0 Å². The highest BCUT2D eigenvalue weighted by atomic mass is 32.2. The van der Waals surface area contributed by atoms with Gasteiger partial charge in [0.2, 0.25) is 0 Å². The van der Waals surface area contributed by atoms with Crippen molar-refractivity contribution < 1.29 is 31.2 Å². The van der Waals surface area contributed by atoms with E-state index in [-0.39, 0.29) is 0 Å². The fraction of sp³-hybridized carbons (Fsp3) is 0.333. The molecule has 0 aliphatic rings. The van der Waals surface area contributed by atoms with Crippen LogP contribution in [0.15, 0.2) is 29.2 Å². The standard InChI is InChI=1S/C9H10F3NO4S/c1-13(16-2)18(14,15)8-6-4-3-5-7(8)17-9(10,11)12/h3-6H,1-2H3. The Morgan fingerprint density at radius 3 is 2.28 bits per heavy atom. The molecule has 0 N–H and O–H groups in total. The molecule has 0 amide bonds. The van der Waals surface area contributed by atoms with Crippen LogP contribution in [0.3, 0.4) is 0 Å².